The zero-order valence-corrected chi connectivity index (χ0v) is 10.8. The normalized spacial score (nSPS) is 22.0. The first kappa shape index (κ1) is 13.3. The minimum Gasteiger partial charge on any atom is -0.398 e. The smallest absolute Gasteiger partial charge is 0.245 e. The predicted octanol–water partition coefficient (Wildman–Crippen LogP) is 0.817. The molecule has 0 spiro atoms. The molecule has 1 aromatic carbocycles. The number of rotatable bonds is 2. The van der Waals surface area contributed by atoms with Crippen LogP contribution >= 0.6 is 0 Å². The number of ether oxygens (including phenoxy) is 1. The quantitative estimate of drug-likeness (QED) is 0.810. The molecule has 1 unspecified atom stereocenters. The zero-order valence-electron chi connectivity index (χ0n) is 9.97. The minimum absolute atomic E-state index is 0.0577. The molecule has 1 saturated heterocycles. The van der Waals surface area contributed by atoms with Crippen LogP contribution in [0, 0.1) is 5.82 Å². The summed E-state index contributed by atoms with van der Waals surface area (Å²) in [6, 6.07) is 3.04. The molecule has 0 saturated carbocycles. The molecule has 1 fully saturated rings. The van der Waals surface area contributed by atoms with Crippen LogP contribution in [0.3, 0.4) is 0 Å². The Balaban J connectivity index is 2.41. The van der Waals surface area contributed by atoms with E-state index in [9.17, 15) is 12.8 Å². The number of halogens is 1. The summed E-state index contributed by atoms with van der Waals surface area (Å²) in [4.78, 5) is -0.0577. The molecule has 2 rings (SSSR count). The van der Waals surface area contributed by atoms with Crippen LogP contribution in [0.15, 0.2) is 23.1 Å². The number of nitrogen functional groups attached to an aromatic ring is 1. The van der Waals surface area contributed by atoms with Crippen LogP contribution in [0.4, 0.5) is 10.1 Å². The maximum absolute atomic E-state index is 12.9. The van der Waals surface area contributed by atoms with Gasteiger partial charge >= 0.3 is 0 Å². The predicted molar refractivity (Wildman–Crippen MR) is 65.0 cm³/mol. The number of sulfonamides is 1. The molecule has 1 aliphatic rings. The van der Waals surface area contributed by atoms with Gasteiger partial charge in [-0.25, -0.2) is 12.8 Å². The molecule has 1 atom stereocenters. The van der Waals surface area contributed by atoms with E-state index in [1.165, 1.54) is 10.4 Å². The summed E-state index contributed by atoms with van der Waals surface area (Å²) < 4.78 is 44.3. The maximum Gasteiger partial charge on any atom is 0.245 e. The van der Waals surface area contributed by atoms with Crippen molar-refractivity contribution < 1.29 is 17.5 Å². The van der Waals surface area contributed by atoms with Gasteiger partial charge in [0.1, 0.15) is 10.7 Å². The molecule has 100 valence electrons. The van der Waals surface area contributed by atoms with E-state index in [2.05, 4.69) is 0 Å². The number of morpholine rings is 1. The van der Waals surface area contributed by atoms with Crippen LogP contribution in [0.2, 0.25) is 0 Å². The van der Waals surface area contributed by atoms with Crippen molar-refractivity contribution in [3.05, 3.63) is 24.0 Å². The minimum atomic E-state index is -3.70. The van der Waals surface area contributed by atoms with Crippen LogP contribution < -0.4 is 5.73 Å². The molecule has 1 aromatic rings. The molecule has 1 aliphatic heterocycles. The summed E-state index contributed by atoms with van der Waals surface area (Å²) in [5.41, 5.74) is 5.51. The highest BCUT2D eigenvalue weighted by atomic mass is 32.2. The Kier molecular flexibility index (Phi) is 3.56. The fraction of sp³-hybridized carbons (Fsp3) is 0.455. The molecule has 2 N–H and O–H groups in total. The number of hydrogen-bond acceptors (Lipinski definition) is 4. The van der Waals surface area contributed by atoms with Crippen molar-refractivity contribution in [3.8, 4) is 0 Å². The van der Waals surface area contributed by atoms with Crippen LogP contribution in [-0.4, -0.2) is 38.5 Å². The van der Waals surface area contributed by atoms with E-state index < -0.39 is 15.8 Å². The van der Waals surface area contributed by atoms with E-state index in [1.807, 2.05) is 0 Å². The van der Waals surface area contributed by atoms with Gasteiger partial charge in [0.15, 0.2) is 0 Å². The average Bonchev–Trinajstić information content (AvgIpc) is 2.28. The van der Waals surface area contributed by atoms with Crippen molar-refractivity contribution in [2.24, 2.45) is 0 Å². The van der Waals surface area contributed by atoms with Crippen molar-refractivity contribution in [1.29, 1.82) is 0 Å². The Hall–Kier alpha value is -1.18. The Labute approximate surface area is 105 Å². The van der Waals surface area contributed by atoms with Crippen LogP contribution in [0.1, 0.15) is 6.92 Å². The standard InChI is InChI=1S/C11H15FN2O3S/c1-8-7-17-5-4-14(8)18(15,16)11-3-2-9(12)6-10(11)13/h2-3,6,8H,4-5,7,13H2,1H3. The van der Waals surface area contributed by atoms with Gasteiger partial charge in [0.2, 0.25) is 10.0 Å². The third-order valence-corrected chi connectivity index (χ3v) is 4.95. The molecule has 18 heavy (non-hydrogen) atoms. The number of hydrogen-bond donors (Lipinski definition) is 1. The molecule has 1 heterocycles. The lowest BCUT2D eigenvalue weighted by Crippen LogP contribution is -2.47. The summed E-state index contributed by atoms with van der Waals surface area (Å²) in [5.74, 6) is -0.554. The molecule has 0 bridgehead atoms. The average molecular weight is 274 g/mol. The Morgan fingerprint density at radius 1 is 1.50 bits per heavy atom. The second kappa shape index (κ2) is 4.83. The molecule has 7 heteroatoms. The molecule has 0 amide bonds. The second-order valence-corrected chi connectivity index (χ2v) is 6.08. The van der Waals surface area contributed by atoms with E-state index >= 15 is 0 Å². The zero-order chi connectivity index (χ0) is 13.3. The third-order valence-electron chi connectivity index (χ3n) is 2.87. The van der Waals surface area contributed by atoms with E-state index in [0.29, 0.717) is 13.2 Å². The van der Waals surface area contributed by atoms with Crippen molar-refractivity contribution in [1.82, 2.24) is 4.31 Å². The van der Waals surface area contributed by atoms with Gasteiger partial charge in [0, 0.05) is 12.6 Å². The van der Waals surface area contributed by atoms with Crippen molar-refractivity contribution >= 4 is 15.7 Å². The van der Waals surface area contributed by atoms with Gasteiger partial charge in [-0.05, 0) is 25.1 Å². The number of anilines is 1. The number of nitrogens with two attached hydrogens (primary N) is 1. The van der Waals surface area contributed by atoms with Crippen LogP contribution in [0.25, 0.3) is 0 Å². The topological polar surface area (TPSA) is 72.6 Å². The van der Waals surface area contributed by atoms with Gasteiger partial charge in [-0.2, -0.15) is 4.31 Å². The van der Waals surface area contributed by atoms with Gasteiger partial charge in [-0.1, -0.05) is 0 Å². The first-order valence-corrected chi connectivity index (χ1v) is 7.01. The van der Waals surface area contributed by atoms with E-state index in [4.69, 9.17) is 10.5 Å². The van der Waals surface area contributed by atoms with E-state index in [-0.39, 0.29) is 23.2 Å². The molecule has 5 nitrogen and oxygen atoms in total. The van der Waals surface area contributed by atoms with Gasteiger partial charge in [-0.15, -0.1) is 0 Å². The highest BCUT2D eigenvalue weighted by molar-refractivity contribution is 7.89. The Morgan fingerprint density at radius 2 is 2.22 bits per heavy atom. The van der Waals surface area contributed by atoms with Crippen molar-refractivity contribution in [3.63, 3.8) is 0 Å². The lowest BCUT2D eigenvalue weighted by molar-refractivity contribution is 0.0393. The summed E-state index contributed by atoms with van der Waals surface area (Å²) in [6.07, 6.45) is 0. The first-order valence-electron chi connectivity index (χ1n) is 5.57. The van der Waals surface area contributed by atoms with Gasteiger partial charge in [0.25, 0.3) is 0 Å². The fourth-order valence-corrected chi connectivity index (χ4v) is 3.65. The largest absolute Gasteiger partial charge is 0.398 e. The molecular formula is C11H15FN2O3S. The lowest BCUT2D eigenvalue weighted by Gasteiger charge is -2.32. The first-order chi connectivity index (χ1) is 8.43. The number of benzene rings is 1. The molecule has 0 radical (unpaired) electrons. The molecule has 0 aliphatic carbocycles. The summed E-state index contributed by atoms with van der Waals surface area (Å²) >= 11 is 0. The highest BCUT2D eigenvalue weighted by Gasteiger charge is 2.32. The van der Waals surface area contributed by atoms with Crippen LogP contribution in [0.5, 0.6) is 0 Å². The van der Waals surface area contributed by atoms with E-state index in [1.54, 1.807) is 6.92 Å². The Bertz CT molecular complexity index is 547. The van der Waals surface area contributed by atoms with Crippen molar-refractivity contribution in [2.75, 3.05) is 25.5 Å². The van der Waals surface area contributed by atoms with Gasteiger partial charge in [-0.3, -0.25) is 0 Å². The Morgan fingerprint density at radius 3 is 2.83 bits per heavy atom. The van der Waals surface area contributed by atoms with Crippen LogP contribution in [-0.2, 0) is 14.8 Å². The summed E-state index contributed by atoms with van der Waals surface area (Å²) in [5, 5.41) is 0. The number of nitrogens with zero attached hydrogens (tertiary/aromatic N) is 1. The molecular weight excluding hydrogens is 259 g/mol. The third kappa shape index (κ3) is 2.33. The lowest BCUT2D eigenvalue weighted by atomic mass is 10.3. The maximum atomic E-state index is 12.9. The van der Waals surface area contributed by atoms with Crippen molar-refractivity contribution in [2.45, 2.75) is 17.9 Å². The summed E-state index contributed by atoms with van der Waals surface area (Å²) in [6.45, 7) is 2.74. The molecule has 0 aromatic heterocycles. The van der Waals surface area contributed by atoms with Gasteiger partial charge in [0.05, 0.1) is 18.9 Å². The fourth-order valence-electron chi connectivity index (χ4n) is 1.95. The summed E-state index contributed by atoms with van der Waals surface area (Å²) in [7, 11) is -3.70. The monoisotopic (exact) mass is 274 g/mol. The van der Waals surface area contributed by atoms with Gasteiger partial charge < -0.3 is 10.5 Å². The highest BCUT2D eigenvalue weighted by Crippen LogP contribution is 2.25. The van der Waals surface area contributed by atoms with E-state index in [0.717, 1.165) is 12.1 Å². The second-order valence-electron chi connectivity index (χ2n) is 4.22. The SMILES string of the molecule is CC1COCCN1S(=O)(=O)c1ccc(F)cc1N.